The molecular formula is C9H20N2O3. The summed E-state index contributed by atoms with van der Waals surface area (Å²) in [5.41, 5.74) is 2.00. The number of carbonyl (C=O) groups is 1. The minimum absolute atomic E-state index is 0.225. The van der Waals surface area contributed by atoms with E-state index >= 15 is 0 Å². The number of ether oxygens (including phenoxy) is 1. The molecule has 0 bridgehead atoms. The molecule has 0 spiro atoms. The van der Waals surface area contributed by atoms with Crippen LogP contribution in [0.3, 0.4) is 0 Å². The summed E-state index contributed by atoms with van der Waals surface area (Å²) in [5, 5.41) is 9.36. The van der Waals surface area contributed by atoms with Gasteiger partial charge in [-0.2, -0.15) is 0 Å². The van der Waals surface area contributed by atoms with Crippen LogP contribution in [0, 0.1) is 5.92 Å². The van der Waals surface area contributed by atoms with E-state index in [4.69, 9.17) is 10.6 Å². The van der Waals surface area contributed by atoms with Gasteiger partial charge in [-0.15, -0.1) is 0 Å². The van der Waals surface area contributed by atoms with E-state index in [2.05, 4.69) is 0 Å². The van der Waals surface area contributed by atoms with E-state index in [1.54, 1.807) is 0 Å². The van der Waals surface area contributed by atoms with Crippen LogP contribution in [0.5, 0.6) is 0 Å². The van der Waals surface area contributed by atoms with Crippen LogP contribution < -0.4 is 11.3 Å². The van der Waals surface area contributed by atoms with Crippen LogP contribution in [0.1, 0.15) is 26.7 Å². The Morgan fingerprint density at radius 2 is 2.14 bits per heavy atom. The van der Waals surface area contributed by atoms with Crippen molar-refractivity contribution in [2.75, 3.05) is 13.2 Å². The standard InChI is InChI=1S/C9H20N2O3/c1-7(2)5-14-6-8(12)3-4-9(13)11-10/h7-8,12H,3-6,10H2,1-2H3,(H,11,13). The molecule has 84 valence electrons. The molecule has 0 aliphatic rings. The van der Waals surface area contributed by atoms with Crippen molar-refractivity contribution in [2.45, 2.75) is 32.8 Å². The van der Waals surface area contributed by atoms with E-state index in [0.717, 1.165) is 0 Å². The van der Waals surface area contributed by atoms with Gasteiger partial charge in [0.2, 0.25) is 5.91 Å². The first-order valence-electron chi connectivity index (χ1n) is 4.81. The Morgan fingerprint density at radius 1 is 1.50 bits per heavy atom. The zero-order chi connectivity index (χ0) is 11.0. The number of hydrazine groups is 1. The summed E-state index contributed by atoms with van der Waals surface area (Å²) >= 11 is 0. The lowest BCUT2D eigenvalue weighted by molar-refractivity contribution is -0.121. The second kappa shape index (κ2) is 7.73. The molecule has 0 heterocycles. The molecule has 1 atom stereocenters. The molecule has 0 saturated heterocycles. The fourth-order valence-electron chi connectivity index (χ4n) is 0.893. The van der Waals surface area contributed by atoms with Gasteiger partial charge >= 0.3 is 0 Å². The van der Waals surface area contributed by atoms with E-state index in [9.17, 15) is 9.90 Å². The third-order valence-electron chi connectivity index (χ3n) is 1.63. The van der Waals surface area contributed by atoms with Crippen molar-refractivity contribution in [1.82, 2.24) is 5.43 Å². The minimum Gasteiger partial charge on any atom is -0.391 e. The van der Waals surface area contributed by atoms with Gasteiger partial charge in [0.25, 0.3) is 0 Å². The highest BCUT2D eigenvalue weighted by Gasteiger charge is 2.07. The summed E-state index contributed by atoms with van der Waals surface area (Å²) in [4.78, 5) is 10.7. The number of amides is 1. The van der Waals surface area contributed by atoms with Gasteiger partial charge in [-0.1, -0.05) is 13.8 Å². The zero-order valence-corrected chi connectivity index (χ0v) is 8.82. The van der Waals surface area contributed by atoms with Crippen molar-refractivity contribution in [3.63, 3.8) is 0 Å². The van der Waals surface area contributed by atoms with Crippen molar-refractivity contribution >= 4 is 5.91 Å². The Morgan fingerprint density at radius 3 is 2.64 bits per heavy atom. The van der Waals surface area contributed by atoms with E-state index in [0.29, 0.717) is 18.9 Å². The average molecular weight is 204 g/mol. The van der Waals surface area contributed by atoms with Crippen molar-refractivity contribution in [1.29, 1.82) is 0 Å². The Balaban J connectivity index is 3.36. The van der Waals surface area contributed by atoms with Gasteiger partial charge < -0.3 is 9.84 Å². The second-order valence-corrected chi connectivity index (χ2v) is 3.69. The number of carbonyl (C=O) groups excluding carboxylic acids is 1. The minimum atomic E-state index is -0.592. The van der Waals surface area contributed by atoms with Crippen LogP contribution in [0.4, 0.5) is 0 Å². The maximum atomic E-state index is 10.7. The van der Waals surface area contributed by atoms with Crippen LogP contribution in [0.25, 0.3) is 0 Å². The van der Waals surface area contributed by atoms with Gasteiger partial charge in [-0.25, -0.2) is 5.84 Å². The van der Waals surface area contributed by atoms with Crippen LogP contribution in [-0.4, -0.2) is 30.3 Å². The van der Waals surface area contributed by atoms with E-state index < -0.39 is 6.10 Å². The van der Waals surface area contributed by atoms with Crippen LogP contribution >= 0.6 is 0 Å². The molecule has 5 nitrogen and oxygen atoms in total. The summed E-state index contributed by atoms with van der Waals surface area (Å²) < 4.78 is 5.21. The van der Waals surface area contributed by atoms with Crippen LogP contribution in [0.15, 0.2) is 0 Å². The highest BCUT2D eigenvalue weighted by Crippen LogP contribution is 1.99. The summed E-state index contributed by atoms with van der Waals surface area (Å²) in [6, 6.07) is 0. The normalized spacial score (nSPS) is 12.9. The van der Waals surface area contributed by atoms with Gasteiger partial charge in [-0.3, -0.25) is 10.2 Å². The number of hydrogen-bond acceptors (Lipinski definition) is 4. The van der Waals surface area contributed by atoms with Gasteiger partial charge in [0.05, 0.1) is 12.7 Å². The number of nitrogens with two attached hydrogens (primary N) is 1. The molecule has 0 aromatic carbocycles. The Bertz CT molecular complexity index is 162. The second-order valence-electron chi connectivity index (χ2n) is 3.69. The monoisotopic (exact) mass is 204 g/mol. The van der Waals surface area contributed by atoms with E-state index in [-0.39, 0.29) is 18.9 Å². The predicted octanol–water partition coefficient (Wildman–Crippen LogP) is -0.210. The summed E-state index contributed by atoms with van der Waals surface area (Å²) in [6.07, 6.45) is 0.00941. The molecule has 4 N–H and O–H groups in total. The molecule has 0 fully saturated rings. The first-order valence-corrected chi connectivity index (χ1v) is 4.81. The number of aliphatic hydroxyl groups is 1. The molecule has 0 saturated carbocycles. The van der Waals surface area contributed by atoms with Crippen molar-refractivity contribution in [2.24, 2.45) is 11.8 Å². The molecule has 1 unspecified atom stereocenters. The first-order chi connectivity index (χ1) is 6.56. The maximum absolute atomic E-state index is 10.7. The van der Waals surface area contributed by atoms with Crippen LogP contribution in [0.2, 0.25) is 0 Å². The third kappa shape index (κ3) is 7.97. The van der Waals surface area contributed by atoms with E-state index in [1.165, 1.54) is 0 Å². The Kier molecular flexibility index (Phi) is 7.37. The third-order valence-corrected chi connectivity index (χ3v) is 1.63. The highest BCUT2D eigenvalue weighted by molar-refractivity contribution is 5.75. The molecule has 1 amide bonds. The summed E-state index contributed by atoms with van der Waals surface area (Å²) in [7, 11) is 0. The Labute approximate surface area is 84.6 Å². The molecule has 0 aliphatic carbocycles. The molecule has 0 aromatic rings. The average Bonchev–Trinajstić information content (AvgIpc) is 2.13. The smallest absolute Gasteiger partial charge is 0.233 e. The highest BCUT2D eigenvalue weighted by atomic mass is 16.5. The van der Waals surface area contributed by atoms with Crippen LogP contribution in [-0.2, 0) is 9.53 Å². The number of nitrogens with one attached hydrogen (secondary N) is 1. The number of hydrogen-bond donors (Lipinski definition) is 3. The SMILES string of the molecule is CC(C)COCC(O)CCC(=O)NN. The number of aliphatic hydroxyl groups excluding tert-OH is 1. The van der Waals surface area contributed by atoms with Gasteiger partial charge in [0, 0.05) is 13.0 Å². The van der Waals surface area contributed by atoms with Gasteiger partial charge in [-0.05, 0) is 12.3 Å². The maximum Gasteiger partial charge on any atom is 0.233 e. The van der Waals surface area contributed by atoms with Crippen molar-refractivity contribution < 1.29 is 14.6 Å². The van der Waals surface area contributed by atoms with Crippen molar-refractivity contribution in [3.05, 3.63) is 0 Å². The first kappa shape index (κ1) is 13.4. The molecule has 0 radical (unpaired) electrons. The Hall–Kier alpha value is -0.650. The topological polar surface area (TPSA) is 84.6 Å². The summed E-state index contributed by atoms with van der Waals surface area (Å²) in [6.45, 7) is 4.97. The molecule has 0 aromatic heterocycles. The molecule has 0 rings (SSSR count). The molecule has 0 aliphatic heterocycles. The van der Waals surface area contributed by atoms with Crippen molar-refractivity contribution in [3.8, 4) is 0 Å². The lowest BCUT2D eigenvalue weighted by Gasteiger charge is -2.11. The lowest BCUT2D eigenvalue weighted by atomic mass is 10.2. The fourth-order valence-corrected chi connectivity index (χ4v) is 0.893. The lowest BCUT2D eigenvalue weighted by Crippen LogP contribution is -2.31. The number of rotatable bonds is 7. The van der Waals surface area contributed by atoms with Gasteiger partial charge in [0.1, 0.15) is 0 Å². The summed E-state index contributed by atoms with van der Waals surface area (Å²) in [5.74, 6) is 5.07. The quantitative estimate of drug-likeness (QED) is 0.304. The largest absolute Gasteiger partial charge is 0.391 e. The zero-order valence-electron chi connectivity index (χ0n) is 8.82. The molecular weight excluding hydrogens is 184 g/mol. The fraction of sp³-hybridized carbons (Fsp3) is 0.889. The predicted molar refractivity (Wildman–Crippen MR) is 53.2 cm³/mol. The molecule has 5 heteroatoms. The molecule has 14 heavy (non-hydrogen) atoms. The van der Waals surface area contributed by atoms with E-state index in [1.807, 2.05) is 19.3 Å². The van der Waals surface area contributed by atoms with Gasteiger partial charge in [0.15, 0.2) is 0 Å².